The average molecular weight is 429 g/mol. The molecular formula is C22H23N9O. The molecule has 0 spiro atoms. The van der Waals surface area contributed by atoms with Gasteiger partial charge in [0.25, 0.3) is 0 Å². The van der Waals surface area contributed by atoms with Crippen molar-refractivity contribution in [3.63, 3.8) is 0 Å². The third-order valence-corrected chi connectivity index (χ3v) is 5.63. The molecular weight excluding hydrogens is 406 g/mol. The van der Waals surface area contributed by atoms with Crippen LogP contribution in [0.4, 0.5) is 11.9 Å². The molecule has 2 aliphatic heterocycles. The third-order valence-electron chi connectivity index (χ3n) is 5.63. The highest BCUT2D eigenvalue weighted by atomic mass is 16.5. The Labute approximate surface area is 184 Å². The van der Waals surface area contributed by atoms with Gasteiger partial charge >= 0.3 is 0 Å². The van der Waals surface area contributed by atoms with Crippen molar-refractivity contribution in [2.45, 2.75) is 6.54 Å². The standard InChI is InChI=1S/C22H23N9O/c1-2-4-18-17(3-1)26-19(27-18)14-24-21-29-22(30-9-11-32-12-10-30)28-20-16(13-25-31(20)21)15-5-7-23-8-6-15/h1-7,13,23H,8-12,14H2,(H,26,27)(H,24,28,29). The number of anilines is 2. The van der Waals surface area contributed by atoms with E-state index in [9.17, 15) is 0 Å². The summed E-state index contributed by atoms with van der Waals surface area (Å²) >= 11 is 0. The van der Waals surface area contributed by atoms with Gasteiger partial charge in [-0.3, -0.25) is 0 Å². The number of benzene rings is 1. The number of nitrogens with zero attached hydrogens (tertiary/aromatic N) is 6. The van der Waals surface area contributed by atoms with Crippen molar-refractivity contribution in [2.75, 3.05) is 43.1 Å². The number of nitrogens with one attached hydrogen (secondary N) is 3. The molecule has 5 heterocycles. The molecule has 32 heavy (non-hydrogen) atoms. The molecule has 1 fully saturated rings. The molecule has 0 atom stereocenters. The molecule has 0 aliphatic carbocycles. The Morgan fingerprint density at radius 1 is 1.09 bits per heavy atom. The van der Waals surface area contributed by atoms with E-state index < -0.39 is 0 Å². The van der Waals surface area contributed by atoms with Crippen molar-refractivity contribution >= 4 is 34.2 Å². The maximum Gasteiger partial charge on any atom is 0.230 e. The first kappa shape index (κ1) is 18.8. The topological polar surface area (TPSA) is 108 Å². The van der Waals surface area contributed by atoms with Crippen LogP contribution in [0.15, 0.2) is 48.8 Å². The average Bonchev–Trinajstić information content (AvgIpc) is 3.47. The molecule has 3 N–H and O–H groups in total. The van der Waals surface area contributed by atoms with E-state index in [0.29, 0.717) is 31.7 Å². The summed E-state index contributed by atoms with van der Waals surface area (Å²) in [5, 5.41) is 11.2. The maximum absolute atomic E-state index is 5.51. The lowest BCUT2D eigenvalue weighted by Crippen LogP contribution is -2.37. The first-order valence-electron chi connectivity index (χ1n) is 10.7. The highest BCUT2D eigenvalue weighted by molar-refractivity contribution is 5.83. The fraction of sp³-hybridized carbons (Fsp3) is 0.273. The van der Waals surface area contributed by atoms with Crippen LogP contribution >= 0.6 is 0 Å². The zero-order valence-corrected chi connectivity index (χ0v) is 17.5. The number of imidazole rings is 1. The van der Waals surface area contributed by atoms with E-state index in [0.717, 1.165) is 53.3 Å². The first-order valence-corrected chi connectivity index (χ1v) is 10.7. The normalized spacial score (nSPS) is 16.4. The van der Waals surface area contributed by atoms with Gasteiger partial charge in [0.15, 0.2) is 5.65 Å². The quantitative estimate of drug-likeness (QED) is 0.442. The van der Waals surface area contributed by atoms with E-state index >= 15 is 0 Å². The largest absolute Gasteiger partial charge is 0.387 e. The van der Waals surface area contributed by atoms with Gasteiger partial charge in [0.1, 0.15) is 5.82 Å². The van der Waals surface area contributed by atoms with Crippen LogP contribution in [-0.2, 0) is 11.3 Å². The number of para-hydroxylation sites is 2. The Kier molecular flexibility index (Phi) is 4.69. The van der Waals surface area contributed by atoms with Gasteiger partial charge in [-0.2, -0.15) is 19.6 Å². The monoisotopic (exact) mass is 429 g/mol. The van der Waals surface area contributed by atoms with E-state index in [1.807, 2.05) is 42.7 Å². The second-order valence-corrected chi connectivity index (χ2v) is 7.70. The summed E-state index contributed by atoms with van der Waals surface area (Å²) in [6.07, 6.45) is 7.97. The number of aromatic amines is 1. The summed E-state index contributed by atoms with van der Waals surface area (Å²) in [5.74, 6) is 2.14. The van der Waals surface area contributed by atoms with Crippen LogP contribution in [0.2, 0.25) is 0 Å². The van der Waals surface area contributed by atoms with Gasteiger partial charge in [-0.25, -0.2) is 4.98 Å². The lowest BCUT2D eigenvalue weighted by atomic mass is 10.1. The van der Waals surface area contributed by atoms with E-state index in [-0.39, 0.29) is 0 Å². The van der Waals surface area contributed by atoms with Crippen LogP contribution in [0, 0.1) is 0 Å². The minimum Gasteiger partial charge on any atom is -0.387 e. The number of allylic oxidation sites excluding steroid dienone is 2. The molecule has 0 unspecified atom stereocenters. The van der Waals surface area contributed by atoms with Crippen molar-refractivity contribution < 1.29 is 4.74 Å². The summed E-state index contributed by atoms with van der Waals surface area (Å²) in [5.41, 5.74) is 4.79. The Morgan fingerprint density at radius 2 is 2.00 bits per heavy atom. The lowest BCUT2D eigenvalue weighted by molar-refractivity contribution is 0.122. The van der Waals surface area contributed by atoms with Crippen molar-refractivity contribution in [1.29, 1.82) is 0 Å². The highest BCUT2D eigenvalue weighted by Crippen LogP contribution is 2.25. The first-order chi connectivity index (χ1) is 15.8. The summed E-state index contributed by atoms with van der Waals surface area (Å²) < 4.78 is 7.27. The predicted octanol–water partition coefficient (Wildman–Crippen LogP) is 1.95. The minimum atomic E-state index is 0.491. The molecule has 1 saturated heterocycles. The summed E-state index contributed by atoms with van der Waals surface area (Å²) in [6.45, 7) is 4.13. The molecule has 2 aliphatic rings. The van der Waals surface area contributed by atoms with E-state index in [4.69, 9.17) is 14.7 Å². The Balaban J connectivity index is 1.38. The van der Waals surface area contributed by atoms with Gasteiger partial charge in [-0.05, 0) is 30.0 Å². The number of ether oxygens (including phenoxy) is 1. The third kappa shape index (κ3) is 3.44. The molecule has 10 heteroatoms. The number of dihydropyridines is 1. The molecule has 3 aromatic heterocycles. The molecule has 4 aromatic rings. The number of fused-ring (bicyclic) bond motifs is 2. The van der Waals surface area contributed by atoms with Crippen molar-refractivity contribution in [1.82, 2.24) is 34.9 Å². The van der Waals surface area contributed by atoms with Crippen LogP contribution in [-0.4, -0.2) is 62.4 Å². The molecule has 6 rings (SSSR count). The maximum atomic E-state index is 5.51. The summed E-state index contributed by atoms with van der Waals surface area (Å²) in [4.78, 5) is 19.9. The number of hydrogen-bond donors (Lipinski definition) is 3. The van der Waals surface area contributed by atoms with Crippen LogP contribution in [0.1, 0.15) is 11.4 Å². The van der Waals surface area contributed by atoms with Gasteiger partial charge in [0.2, 0.25) is 11.9 Å². The molecule has 0 radical (unpaired) electrons. The van der Waals surface area contributed by atoms with Gasteiger partial charge in [-0.1, -0.05) is 18.2 Å². The Morgan fingerprint density at radius 3 is 2.84 bits per heavy atom. The second-order valence-electron chi connectivity index (χ2n) is 7.70. The highest BCUT2D eigenvalue weighted by Gasteiger charge is 2.20. The number of morpholine rings is 1. The molecule has 0 bridgehead atoms. The fourth-order valence-corrected chi connectivity index (χ4v) is 3.99. The molecule has 0 saturated carbocycles. The molecule has 162 valence electrons. The van der Waals surface area contributed by atoms with Crippen LogP contribution in [0.3, 0.4) is 0 Å². The number of aromatic nitrogens is 6. The van der Waals surface area contributed by atoms with Gasteiger partial charge in [0, 0.05) is 25.2 Å². The smallest absolute Gasteiger partial charge is 0.230 e. The molecule has 1 aromatic carbocycles. The van der Waals surface area contributed by atoms with Crippen LogP contribution in [0.25, 0.3) is 22.3 Å². The van der Waals surface area contributed by atoms with Crippen LogP contribution in [0.5, 0.6) is 0 Å². The Bertz CT molecular complexity index is 1300. The minimum absolute atomic E-state index is 0.491. The summed E-state index contributed by atoms with van der Waals surface area (Å²) in [7, 11) is 0. The van der Waals surface area contributed by atoms with E-state index in [1.165, 1.54) is 0 Å². The van der Waals surface area contributed by atoms with E-state index in [1.54, 1.807) is 4.52 Å². The van der Waals surface area contributed by atoms with Gasteiger partial charge in [0.05, 0.1) is 37.0 Å². The zero-order chi connectivity index (χ0) is 21.3. The van der Waals surface area contributed by atoms with Crippen molar-refractivity contribution in [3.05, 3.63) is 60.2 Å². The SMILES string of the molecule is C1=CC(c2cnn3c(NCc4nc5ccccc5[nH]4)nc(N4CCOCC4)nc23)=CCN1. The Hall–Kier alpha value is -3.92. The number of rotatable bonds is 5. The lowest BCUT2D eigenvalue weighted by Gasteiger charge is -2.27. The fourth-order valence-electron chi connectivity index (χ4n) is 3.99. The van der Waals surface area contributed by atoms with Crippen molar-refractivity contribution in [2.24, 2.45) is 0 Å². The molecule has 0 amide bonds. The van der Waals surface area contributed by atoms with Crippen molar-refractivity contribution in [3.8, 4) is 0 Å². The number of hydrogen-bond acceptors (Lipinski definition) is 8. The molecule has 10 nitrogen and oxygen atoms in total. The number of H-pyrrole nitrogens is 1. The van der Waals surface area contributed by atoms with Crippen LogP contribution < -0.4 is 15.5 Å². The van der Waals surface area contributed by atoms with Gasteiger partial charge < -0.3 is 25.3 Å². The zero-order valence-electron chi connectivity index (χ0n) is 17.5. The summed E-state index contributed by atoms with van der Waals surface area (Å²) in [6, 6.07) is 7.99. The van der Waals surface area contributed by atoms with Gasteiger partial charge in [-0.15, -0.1) is 0 Å². The predicted molar refractivity (Wildman–Crippen MR) is 122 cm³/mol. The second kappa shape index (κ2) is 7.97. The van der Waals surface area contributed by atoms with E-state index in [2.05, 4.69) is 36.7 Å².